The van der Waals surface area contributed by atoms with Gasteiger partial charge in [-0.2, -0.15) is 18.3 Å². The number of amides is 1. The number of halogens is 5. The number of alkyl halides is 3. The van der Waals surface area contributed by atoms with Crippen molar-refractivity contribution in [2.24, 2.45) is 22.9 Å². The van der Waals surface area contributed by atoms with Gasteiger partial charge in [0.1, 0.15) is 5.92 Å². The summed E-state index contributed by atoms with van der Waals surface area (Å²) in [5.74, 6) is -4.98. The third-order valence-corrected chi connectivity index (χ3v) is 8.76. The molecular weight excluding hydrogens is 560 g/mol. The van der Waals surface area contributed by atoms with Gasteiger partial charge in [0.25, 0.3) is 0 Å². The smallest absolute Gasteiger partial charge is 0.411 e. The monoisotopic (exact) mass is 590 g/mol. The highest BCUT2D eigenvalue weighted by Crippen LogP contribution is 2.41. The van der Waals surface area contributed by atoms with Crippen LogP contribution >= 0.6 is 23.2 Å². The number of carboxylic acids is 1. The molecule has 0 bridgehead atoms. The molecular formula is C26H31Cl2F3N4O4. The van der Waals surface area contributed by atoms with Crippen LogP contribution in [-0.2, 0) is 9.59 Å². The molecule has 1 aliphatic heterocycles. The molecule has 214 valence electrons. The lowest BCUT2D eigenvalue weighted by Crippen LogP contribution is -2.56. The number of hydrogen-bond acceptors (Lipinski definition) is 6. The first-order chi connectivity index (χ1) is 18.4. The van der Waals surface area contributed by atoms with Crippen LogP contribution in [0.1, 0.15) is 68.6 Å². The Hall–Kier alpha value is -2.40. The first-order valence-electron chi connectivity index (χ1n) is 13.1. The lowest BCUT2D eigenvalue weighted by molar-refractivity contribution is -0.199. The molecule has 8 nitrogen and oxygen atoms in total. The van der Waals surface area contributed by atoms with Gasteiger partial charge >= 0.3 is 12.1 Å². The van der Waals surface area contributed by atoms with Gasteiger partial charge in [0.15, 0.2) is 11.8 Å². The van der Waals surface area contributed by atoms with Crippen LogP contribution in [0.5, 0.6) is 0 Å². The number of ketones is 1. The molecule has 2 saturated carbocycles. The number of pyridine rings is 1. The van der Waals surface area contributed by atoms with E-state index in [2.05, 4.69) is 10.1 Å². The maximum Gasteiger partial charge on any atom is 0.411 e. The van der Waals surface area contributed by atoms with Gasteiger partial charge in [-0.05, 0) is 38.0 Å². The fourth-order valence-electron chi connectivity index (χ4n) is 6.20. The zero-order chi connectivity index (χ0) is 28.5. The summed E-state index contributed by atoms with van der Waals surface area (Å²) in [5.41, 5.74) is -0.0276. The van der Waals surface area contributed by atoms with Gasteiger partial charge in [0.2, 0.25) is 5.91 Å². The number of carbonyl (C=O) groups excluding carboxylic acids is 2. The number of hydrogen-bond donors (Lipinski definition) is 1. The SMILES string of the molecule is CC1C[C@@H](N2N=CC(C(=O)N(CC(=O)c3c(Cl)cncc3Cl)C3CCCCC3)C2C(F)(F)F)CC[C@@H]1C(=O)O. The van der Waals surface area contributed by atoms with Gasteiger partial charge in [-0.15, -0.1) is 0 Å². The van der Waals surface area contributed by atoms with Crippen molar-refractivity contribution in [1.29, 1.82) is 0 Å². The van der Waals surface area contributed by atoms with E-state index in [1.165, 1.54) is 17.3 Å². The van der Waals surface area contributed by atoms with Crippen LogP contribution in [-0.4, -0.2) is 74.7 Å². The zero-order valence-corrected chi connectivity index (χ0v) is 22.9. The lowest BCUT2D eigenvalue weighted by atomic mass is 9.77. The maximum absolute atomic E-state index is 14.5. The third kappa shape index (κ3) is 6.34. The van der Waals surface area contributed by atoms with E-state index < -0.39 is 60.3 Å². The Labute approximate surface area is 234 Å². The number of aliphatic carboxylic acids is 1. The van der Waals surface area contributed by atoms with Crippen LogP contribution in [0.25, 0.3) is 0 Å². The Kier molecular flexibility index (Phi) is 9.10. The highest BCUT2D eigenvalue weighted by molar-refractivity contribution is 6.39. The Balaban J connectivity index is 1.60. The minimum atomic E-state index is -4.79. The van der Waals surface area contributed by atoms with Crippen LogP contribution in [0.4, 0.5) is 13.2 Å². The van der Waals surface area contributed by atoms with E-state index in [0.29, 0.717) is 12.8 Å². The van der Waals surface area contributed by atoms with Crippen molar-refractivity contribution in [2.45, 2.75) is 82.6 Å². The topological polar surface area (TPSA) is 103 Å². The highest BCUT2D eigenvalue weighted by Gasteiger charge is 2.56. The molecule has 0 radical (unpaired) electrons. The summed E-state index contributed by atoms with van der Waals surface area (Å²) in [6, 6.07) is -3.27. The van der Waals surface area contributed by atoms with E-state index in [1.807, 2.05) is 0 Å². The summed E-state index contributed by atoms with van der Waals surface area (Å²) in [6.07, 6.45) is 3.04. The zero-order valence-electron chi connectivity index (χ0n) is 21.4. The number of carboxylic acid groups (broad SMARTS) is 1. The summed E-state index contributed by atoms with van der Waals surface area (Å²) >= 11 is 12.3. The molecule has 0 saturated heterocycles. The van der Waals surface area contributed by atoms with Crippen molar-refractivity contribution in [3.05, 3.63) is 28.0 Å². The molecule has 5 atom stereocenters. The molecule has 1 amide bonds. The van der Waals surface area contributed by atoms with Crippen LogP contribution in [0, 0.1) is 17.8 Å². The van der Waals surface area contributed by atoms with Crippen molar-refractivity contribution in [3.8, 4) is 0 Å². The molecule has 4 rings (SSSR count). The van der Waals surface area contributed by atoms with E-state index in [-0.39, 0.29) is 40.8 Å². The number of Topliss-reactive ketones (excluding diaryl/α,β-unsaturated/α-hetero) is 1. The third-order valence-electron chi connectivity index (χ3n) is 8.18. The van der Waals surface area contributed by atoms with E-state index in [0.717, 1.165) is 30.5 Å². The minimum Gasteiger partial charge on any atom is -0.481 e. The van der Waals surface area contributed by atoms with Gasteiger partial charge < -0.3 is 10.0 Å². The Bertz CT molecular complexity index is 1110. The summed E-state index contributed by atoms with van der Waals surface area (Å²) in [7, 11) is 0. The minimum absolute atomic E-state index is 0.00333. The summed E-state index contributed by atoms with van der Waals surface area (Å²) in [6.45, 7) is 1.24. The number of aromatic nitrogens is 1. The van der Waals surface area contributed by atoms with Crippen molar-refractivity contribution >= 4 is 47.1 Å². The molecule has 1 aromatic heterocycles. The number of rotatable bonds is 7. The molecule has 1 aromatic rings. The van der Waals surface area contributed by atoms with Crippen molar-refractivity contribution in [3.63, 3.8) is 0 Å². The van der Waals surface area contributed by atoms with Gasteiger partial charge in [-0.25, -0.2) is 0 Å². The molecule has 2 heterocycles. The predicted octanol–water partition coefficient (Wildman–Crippen LogP) is 5.47. The Morgan fingerprint density at radius 1 is 1.08 bits per heavy atom. The van der Waals surface area contributed by atoms with Gasteiger partial charge in [-0.3, -0.25) is 24.4 Å². The number of carbonyl (C=O) groups is 3. The molecule has 1 N–H and O–H groups in total. The van der Waals surface area contributed by atoms with E-state index in [4.69, 9.17) is 23.2 Å². The lowest BCUT2D eigenvalue weighted by Gasteiger charge is -2.41. The molecule has 3 aliphatic rings. The Morgan fingerprint density at radius 3 is 2.28 bits per heavy atom. The van der Waals surface area contributed by atoms with Crippen molar-refractivity contribution in [2.75, 3.05) is 6.54 Å². The van der Waals surface area contributed by atoms with Gasteiger partial charge in [0, 0.05) is 30.7 Å². The quantitative estimate of drug-likeness (QED) is 0.422. The van der Waals surface area contributed by atoms with Gasteiger partial charge in [-0.1, -0.05) is 49.4 Å². The number of hydrazone groups is 1. The highest BCUT2D eigenvalue weighted by atomic mass is 35.5. The van der Waals surface area contributed by atoms with E-state index in [9.17, 15) is 32.7 Å². The molecule has 0 spiro atoms. The fraction of sp³-hybridized carbons (Fsp3) is 0.654. The molecule has 39 heavy (non-hydrogen) atoms. The van der Waals surface area contributed by atoms with E-state index >= 15 is 0 Å². The van der Waals surface area contributed by atoms with Gasteiger partial charge in [0.05, 0.1) is 28.1 Å². The van der Waals surface area contributed by atoms with Crippen LogP contribution in [0.3, 0.4) is 0 Å². The molecule has 2 aliphatic carbocycles. The second-order valence-electron chi connectivity index (χ2n) is 10.7. The van der Waals surface area contributed by atoms with Crippen LogP contribution < -0.4 is 0 Å². The maximum atomic E-state index is 14.5. The predicted molar refractivity (Wildman–Crippen MR) is 139 cm³/mol. The molecule has 2 fully saturated rings. The normalized spacial score (nSPS) is 27.9. The van der Waals surface area contributed by atoms with E-state index in [1.54, 1.807) is 6.92 Å². The average molecular weight is 591 g/mol. The molecule has 3 unspecified atom stereocenters. The fourth-order valence-corrected chi connectivity index (χ4v) is 6.77. The standard InChI is InChI=1S/C26H31Cl2F3N4O4/c1-14-9-16(7-8-17(14)25(38)39)35-23(26(29,30)31)18(10-33-35)24(37)34(15-5-3-2-4-6-15)13-21(36)22-19(27)11-32-12-20(22)28/h10-12,14-18,23H,2-9,13H2,1H3,(H,38,39)/t14?,16-,17-,18?,23?/m0/s1. The second kappa shape index (κ2) is 12.0. The summed E-state index contributed by atoms with van der Waals surface area (Å²) in [5, 5.41) is 14.4. The molecule has 0 aromatic carbocycles. The first-order valence-corrected chi connectivity index (χ1v) is 13.9. The first kappa shape index (κ1) is 29.6. The molecule has 13 heteroatoms. The number of nitrogens with zero attached hydrogens (tertiary/aromatic N) is 4. The van der Waals surface area contributed by atoms with Crippen LogP contribution in [0.15, 0.2) is 17.5 Å². The van der Waals surface area contributed by atoms with Crippen molar-refractivity contribution < 1.29 is 32.7 Å². The Morgan fingerprint density at radius 2 is 1.72 bits per heavy atom. The average Bonchev–Trinajstić information content (AvgIpc) is 3.33. The van der Waals surface area contributed by atoms with Crippen molar-refractivity contribution in [1.82, 2.24) is 14.9 Å². The largest absolute Gasteiger partial charge is 0.481 e. The second-order valence-corrected chi connectivity index (χ2v) is 11.5. The summed E-state index contributed by atoms with van der Waals surface area (Å²) in [4.78, 5) is 43.7. The van der Waals surface area contributed by atoms with Crippen LogP contribution in [0.2, 0.25) is 10.0 Å². The summed E-state index contributed by atoms with van der Waals surface area (Å²) < 4.78 is 43.6.